The number of benzene rings is 2. The highest BCUT2D eigenvalue weighted by Crippen LogP contribution is 2.18. The second-order valence-corrected chi connectivity index (χ2v) is 6.88. The lowest BCUT2D eigenvalue weighted by Crippen LogP contribution is -2.33. The quantitative estimate of drug-likeness (QED) is 0.762. The first-order valence-corrected chi connectivity index (χ1v) is 9.81. The average Bonchev–Trinajstić information content (AvgIpc) is 3.14. The SMILES string of the molecule is CCCN(C/C=C/c1ccccc1)C(=O)Cc1ccc(N2CCNC2=O)cc1. The summed E-state index contributed by atoms with van der Waals surface area (Å²) in [5, 5.41) is 2.79. The van der Waals surface area contributed by atoms with E-state index in [1.165, 1.54) is 0 Å². The summed E-state index contributed by atoms with van der Waals surface area (Å²) < 4.78 is 0. The molecule has 2 aromatic carbocycles. The van der Waals surface area contributed by atoms with Crippen LogP contribution in [0.4, 0.5) is 10.5 Å². The van der Waals surface area contributed by atoms with Crippen molar-refractivity contribution < 1.29 is 9.59 Å². The predicted octanol–water partition coefficient (Wildman–Crippen LogP) is 3.71. The second-order valence-electron chi connectivity index (χ2n) is 6.88. The van der Waals surface area contributed by atoms with Gasteiger partial charge in [0, 0.05) is 31.9 Å². The summed E-state index contributed by atoms with van der Waals surface area (Å²) in [5.41, 5.74) is 2.96. The minimum atomic E-state index is -0.0665. The molecule has 0 bridgehead atoms. The fraction of sp³-hybridized carbons (Fsp3) is 0.304. The van der Waals surface area contributed by atoms with E-state index in [2.05, 4.69) is 12.2 Å². The maximum atomic E-state index is 12.8. The first kappa shape index (κ1) is 19.7. The molecular weight excluding hydrogens is 350 g/mol. The molecule has 0 radical (unpaired) electrons. The summed E-state index contributed by atoms with van der Waals surface area (Å²) in [6.45, 7) is 4.77. The number of carbonyl (C=O) groups excluding carboxylic acids is 2. The second kappa shape index (κ2) is 9.74. The number of urea groups is 1. The Morgan fingerprint density at radius 1 is 1.14 bits per heavy atom. The maximum Gasteiger partial charge on any atom is 0.321 e. The summed E-state index contributed by atoms with van der Waals surface area (Å²) in [6, 6.07) is 17.7. The van der Waals surface area contributed by atoms with Gasteiger partial charge in [-0.25, -0.2) is 4.79 Å². The number of nitrogens with one attached hydrogen (secondary N) is 1. The Bertz CT molecular complexity index is 816. The Hall–Kier alpha value is -3.08. The van der Waals surface area contributed by atoms with Gasteiger partial charge in [-0.15, -0.1) is 0 Å². The zero-order chi connectivity index (χ0) is 19.8. The van der Waals surface area contributed by atoms with Crippen molar-refractivity contribution in [2.75, 3.05) is 31.1 Å². The Morgan fingerprint density at radius 3 is 2.54 bits per heavy atom. The van der Waals surface area contributed by atoms with Gasteiger partial charge in [-0.3, -0.25) is 9.69 Å². The first-order chi connectivity index (χ1) is 13.7. The van der Waals surface area contributed by atoms with Crippen molar-refractivity contribution in [2.45, 2.75) is 19.8 Å². The fourth-order valence-corrected chi connectivity index (χ4v) is 3.27. The lowest BCUT2D eigenvalue weighted by Gasteiger charge is -2.21. The number of amides is 3. The van der Waals surface area contributed by atoms with Crippen molar-refractivity contribution in [3.05, 3.63) is 71.8 Å². The van der Waals surface area contributed by atoms with Crippen LogP contribution in [0.3, 0.4) is 0 Å². The number of anilines is 1. The molecular formula is C23H27N3O2. The molecule has 0 unspecified atom stereocenters. The van der Waals surface area contributed by atoms with Crippen LogP contribution in [0.5, 0.6) is 0 Å². The lowest BCUT2D eigenvalue weighted by atomic mass is 10.1. The molecule has 2 aromatic rings. The van der Waals surface area contributed by atoms with Crippen LogP contribution in [0.15, 0.2) is 60.7 Å². The van der Waals surface area contributed by atoms with E-state index >= 15 is 0 Å². The standard InChI is InChI=1S/C23H27N3O2/c1-2-15-25(16-6-9-19-7-4-3-5-8-19)22(27)18-20-10-12-21(13-11-20)26-17-14-24-23(26)28/h3-13H,2,14-18H2,1H3,(H,24,28)/b9-6+. The van der Waals surface area contributed by atoms with Crippen molar-refractivity contribution >= 4 is 23.7 Å². The molecule has 3 rings (SSSR count). The summed E-state index contributed by atoms with van der Waals surface area (Å²) >= 11 is 0. The zero-order valence-corrected chi connectivity index (χ0v) is 16.3. The third kappa shape index (κ3) is 5.22. The Labute approximate surface area is 166 Å². The Kier molecular flexibility index (Phi) is 6.84. The molecule has 146 valence electrons. The van der Waals surface area contributed by atoms with Gasteiger partial charge in [0.05, 0.1) is 6.42 Å². The molecule has 1 saturated heterocycles. The first-order valence-electron chi connectivity index (χ1n) is 9.81. The Balaban J connectivity index is 1.58. The molecule has 0 saturated carbocycles. The van der Waals surface area contributed by atoms with Gasteiger partial charge in [0.15, 0.2) is 0 Å². The highest BCUT2D eigenvalue weighted by Gasteiger charge is 2.21. The van der Waals surface area contributed by atoms with Gasteiger partial charge >= 0.3 is 6.03 Å². The van der Waals surface area contributed by atoms with Crippen LogP contribution in [0.1, 0.15) is 24.5 Å². The van der Waals surface area contributed by atoms with E-state index in [-0.39, 0.29) is 11.9 Å². The van der Waals surface area contributed by atoms with Crippen LogP contribution in [0.2, 0.25) is 0 Å². The number of rotatable bonds is 8. The van der Waals surface area contributed by atoms with E-state index in [1.807, 2.05) is 71.6 Å². The van der Waals surface area contributed by atoms with Gasteiger partial charge in [-0.1, -0.05) is 61.5 Å². The van der Waals surface area contributed by atoms with Gasteiger partial charge in [0.1, 0.15) is 0 Å². The fourth-order valence-electron chi connectivity index (χ4n) is 3.27. The molecule has 1 N–H and O–H groups in total. The highest BCUT2D eigenvalue weighted by molar-refractivity contribution is 5.94. The van der Waals surface area contributed by atoms with Crippen LogP contribution >= 0.6 is 0 Å². The van der Waals surface area contributed by atoms with Crippen molar-refractivity contribution in [3.63, 3.8) is 0 Å². The monoisotopic (exact) mass is 377 g/mol. The number of nitrogens with zero attached hydrogens (tertiary/aromatic N) is 2. The number of hydrogen-bond acceptors (Lipinski definition) is 2. The van der Waals surface area contributed by atoms with Crippen molar-refractivity contribution in [3.8, 4) is 0 Å². The minimum absolute atomic E-state index is 0.0665. The average molecular weight is 377 g/mol. The summed E-state index contributed by atoms with van der Waals surface area (Å²) in [7, 11) is 0. The molecule has 0 atom stereocenters. The highest BCUT2D eigenvalue weighted by atomic mass is 16.2. The molecule has 5 heteroatoms. The third-order valence-electron chi connectivity index (χ3n) is 4.74. The van der Waals surface area contributed by atoms with Crippen molar-refractivity contribution in [2.24, 2.45) is 0 Å². The Morgan fingerprint density at radius 2 is 1.89 bits per heavy atom. The smallest absolute Gasteiger partial charge is 0.321 e. The van der Waals surface area contributed by atoms with Gasteiger partial charge < -0.3 is 10.2 Å². The third-order valence-corrected chi connectivity index (χ3v) is 4.74. The summed E-state index contributed by atoms with van der Waals surface area (Å²) in [4.78, 5) is 28.1. The molecule has 1 heterocycles. The van der Waals surface area contributed by atoms with Crippen molar-refractivity contribution in [1.82, 2.24) is 10.2 Å². The van der Waals surface area contributed by atoms with Gasteiger partial charge in [0.25, 0.3) is 0 Å². The van der Waals surface area contributed by atoms with E-state index in [0.29, 0.717) is 26.1 Å². The van der Waals surface area contributed by atoms with E-state index in [0.717, 1.165) is 29.8 Å². The maximum absolute atomic E-state index is 12.8. The van der Waals surface area contributed by atoms with Crippen LogP contribution in [0.25, 0.3) is 6.08 Å². The molecule has 1 aliphatic rings. The van der Waals surface area contributed by atoms with Crippen LogP contribution in [0, 0.1) is 0 Å². The molecule has 28 heavy (non-hydrogen) atoms. The molecule has 1 fully saturated rings. The number of carbonyl (C=O) groups is 2. The van der Waals surface area contributed by atoms with E-state index < -0.39 is 0 Å². The van der Waals surface area contributed by atoms with Crippen LogP contribution < -0.4 is 10.2 Å². The lowest BCUT2D eigenvalue weighted by molar-refractivity contribution is -0.130. The summed E-state index contributed by atoms with van der Waals surface area (Å²) in [6.07, 6.45) is 5.38. The topological polar surface area (TPSA) is 52.7 Å². The van der Waals surface area contributed by atoms with Gasteiger partial charge in [-0.2, -0.15) is 0 Å². The zero-order valence-electron chi connectivity index (χ0n) is 16.3. The summed E-state index contributed by atoms with van der Waals surface area (Å²) in [5.74, 6) is 0.117. The predicted molar refractivity (Wildman–Crippen MR) is 113 cm³/mol. The van der Waals surface area contributed by atoms with Crippen LogP contribution in [-0.2, 0) is 11.2 Å². The molecule has 0 aliphatic carbocycles. The van der Waals surface area contributed by atoms with Crippen molar-refractivity contribution in [1.29, 1.82) is 0 Å². The molecule has 3 amide bonds. The van der Waals surface area contributed by atoms with E-state index in [1.54, 1.807) is 4.90 Å². The van der Waals surface area contributed by atoms with E-state index in [4.69, 9.17) is 0 Å². The van der Waals surface area contributed by atoms with Crippen LogP contribution in [-0.4, -0.2) is 43.0 Å². The molecule has 1 aliphatic heterocycles. The molecule has 5 nitrogen and oxygen atoms in total. The molecule has 0 aromatic heterocycles. The molecule has 0 spiro atoms. The minimum Gasteiger partial charge on any atom is -0.339 e. The number of hydrogen-bond donors (Lipinski definition) is 1. The van der Waals surface area contributed by atoms with E-state index in [9.17, 15) is 9.59 Å². The normalized spacial score (nSPS) is 13.8. The van der Waals surface area contributed by atoms with Gasteiger partial charge in [-0.05, 0) is 29.7 Å². The largest absolute Gasteiger partial charge is 0.339 e. The van der Waals surface area contributed by atoms with Gasteiger partial charge in [0.2, 0.25) is 5.91 Å².